The van der Waals surface area contributed by atoms with Crippen LogP contribution in [-0.2, 0) is 20.8 Å². The normalized spacial score (nSPS) is 18.0. The van der Waals surface area contributed by atoms with Gasteiger partial charge in [-0.3, -0.25) is 14.4 Å². The lowest BCUT2D eigenvalue weighted by Crippen LogP contribution is -2.34. The Morgan fingerprint density at radius 1 is 1.17 bits per heavy atom. The molecule has 30 heavy (non-hydrogen) atoms. The quantitative estimate of drug-likeness (QED) is 0.745. The molecule has 0 spiro atoms. The van der Waals surface area contributed by atoms with Gasteiger partial charge in [0.05, 0.1) is 18.7 Å². The minimum absolute atomic E-state index is 0.0211. The molecule has 2 aliphatic rings. The third-order valence-corrected chi connectivity index (χ3v) is 5.41. The second kappa shape index (κ2) is 8.18. The van der Waals surface area contributed by atoms with E-state index in [-0.39, 0.29) is 24.1 Å². The smallest absolute Gasteiger partial charge is 0.256 e. The second-order valence-corrected chi connectivity index (χ2v) is 7.57. The first-order valence-corrected chi connectivity index (χ1v) is 10.2. The van der Waals surface area contributed by atoms with Crippen LogP contribution in [0.1, 0.15) is 32.3 Å². The highest BCUT2D eigenvalue weighted by Crippen LogP contribution is 2.32. The molecule has 2 aromatic rings. The monoisotopic (exact) mass is 407 g/mol. The molecule has 2 aliphatic heterocycles. The number of fused-ring (bicyclic) bond motifs is 1. The summed E-state index contributed by atoms with van der Waals surface area (Å²) in [6, 6.07) is 12.1. The lowest BCUT2D eigenvalue weighted by Gasteiger charge is -2.18. The number of carbonyl (C=O) groups is 3. The average Bonchev–Trinajstić information content (AvgIpc) is 3.27. The molecule has 0 aromatic heterocycles. The summed E-state index contributed by atoms with van der Waals surface area (Å²) in [7, 11) is 0. The maximum atomic E-state index is 12.9. The van der Waals surface area contributed by atoms with Crippen molar-refractivity contribution in [3.05, 3.63) is 48.0 Å². The minimum Gasteiger partial charge on any atom is -0.494 e. The number of amides is 3. The van der Waals surface area contributed by atoms with Crippen molar-refractivity contribution in [3.63, 3.8) is 0 Å². The molecule has 2 heterocycles. The van der Waals surface area contributed by atoms with Crippen molar-refractivity contribution in [2.75, 3.05) is 28.3 Å². The van der Waals surface area contributed by atoms with Gasteiger partial charge in [0.2, 0.25) is 11.8 Å². The SMILES string of the molecule is CCCOc1ccc(N2C(=O)C[C@@H](Nc3ccc4c(c3)CCN4C(C)=O)C2=O)cc1. The number of rotatable bonds is 6. The molecular weight excluding hydrogens is 382 g/mol. The van der Waals surface area contributed by atoms with Gasteiger partial charge >= 0.3 is 0 Å². The van der Waals surface area contributed by atoms with Crippen molar-refractivity contribution < 1.29 is 19.1 Å². The number of imide groups is 1. The van der Waals surface area contributed by atoms with Crippen molar-refractivity contribution in [3.8, 4) is 5.75 Å². The highest BCUT2D eigenvalue weighted by Gasteiger charge is 2.39. The van der Waals surface area contributed by atoms with Gasteiger partial charge in [0, 0.05) is 24.8 Å². The summed E-state index contributed by atoms with van der Waals surface area (Å²) >= 11 is 0. The predicted octanol–water partition coefficient (Wildman–Crippen LogP) is 3.13. The van der Waals surface area contributed by atoms with Crippen LogP contribution in [0.15, 0.2) is 42.5 Å². The Kier molecular flexibility index (Phi) is 5.44. The van der Waals surface area contributed by atoms with E-state index < -0.39 is 6.04 Å². The third-order valence-electron chi connectivity index (χ3n) is 5.41. The molecule has 7 heteroatoms. The third kappa shape index (κ3) is 3.75. The van der Waals surface area contributed by atoms with Crippen LogP contribution < -0.4 is 19.9 Å². The lowest BCUT2D eigenvalue weighted by molar-refractivity contribution is -0.121. The van der Waals surface area contributed by atoms with Crippen LogP contribution in [0.25, 0.3) is 0 Å². The van der Waals surface area contributed by atoms with Crippen LogP contribution in [0, 0.1) is 0 Å². The fourth-order valence-corrected chi connectivity index (χ4v) is 3.95. The first-order valence-electron chi connectivity index (χ1n) is 10.2. The zero-order chi connectivity index (χ0) is 21.3. The van der Waals surface area contributed by atoms with Crippen LogP contribution in [0.4, 0.5) is 17.1 Å². The van der Waals surface area contributed by atoms with Gasteiger partial charge in [-0.2, -0.15) is 0 Å². The van der Waals surface area contributed by atoms with E-state index >= 15 is 0 Å². The van der Waals surface area contributed by atoms with Crippen LogP contribution in [-0.4, -0.2) is 36.9 Å². The first kappa shape index (κ1) is 19.9. The Morgan fingerprint density at radius 2 is 1.93 bits per heavy atom. The van der Waals surface area contributed by atoms with E-state index in [1.807, 2.05) is 25.1 Å². The molecular formula is C23H25N3O4. The number of benzene rings is 2. The van der Waals surface area contributed by atoms with Crippen molar-refractivity contribution in [2.45, 2.75) is 39.2 Å². The fraction of sp³-hybridized carbons (Fsp3) is 0.348. The number of hydrogen-bond donors (Lipinski definition) is 1. The molecule has 1 N–H and O–H groups in total. The Morgan fingerprint density at radius 3 is 2.63 bits per heavy atom. The van der Waals surface area contributed by atoms with Gasteiger partial charge in [-0.15, -0.1) is 0 Å². The van der Waals surface area contributed by atoms with E-state index in [1.54, 1.807) is 36.1 Å². The standard InChI is InChI=1S/C23H25N3O4/c1-3-12-30-19-7-5-18(6-8-19)26-22(28)14-20(23(26)29)24-17-4-9-21-16(13-17)10-11-25(21)15(2)27/h4-9,13,20,24H,3,10-12,14H2,1-2H3/t20-/m1/s1. The number of nitrogens with zero attached hydrogens (tertiary/aromatic N) is 2. The van der Waals surface area contributed by atoms with E-state index in [0.29, 0.717) is 24.6 Å². The number of carbonyl (C=O) groups excluding carboxylic acids is 3. The number of ether oxygens (including phenoxy) is 1. The lowest BCUT2D eigenvalue weighted by atomic mass is 10.1. The van der Waals surface area contributed by atoms with Crippen molar-refractivity contribution >= 4 is 34.8 Å². The van der Waals surface area contributed by atoms with Crippen molar-refractivity contribution in [2.24, 2.45) is 0 Å². The molecule has 2 aromatic carbocycles. The number of anilines is 3. The van der Waals surface area contributed by atoms with E-state index in [4.69, 9.17) is 4.74 Å². The molecule has 3 amide bonds. The molecule has 1 fully saturated rings. The average molecular weight is 407 g/mol. The van der Waals surface area contributed by atoms with Crippen LogP contribution in [0.2, 0.25) is 0 Å². The number of nitrogens with one attached hydrogen (secondary N) is 1. The molecule has 0 bridgehead atoms. The molecule has 156 valence electrons. The first-order chi connectivity index (χ1) is 14.5. The minimum atomic E-state index is -0.614. The predicted molar refractivity (Wildman–Crippen MR) is 115 cm³/mol. The van der Waals surface area contributed by atoms with Gasteiger partial charge in [0.15, 0.2) is 0 Å². The number of hydrogen-bond acceptors (Lipinski definition) is 5. The van der Waals surface area contributed by atoms with Gasteiger partial charge in [-0.05, 0) is 60.9 Å². The summed E-state index contributed by atoms with van der Waals surface area (Å²) in [5, 5.41) is 3.19. The van der Waals surface area contributed by atoms with E-state index in [2.05, 4.69) is 5.32 Å². The zero-order valence-electron chi connectivity index (χ0n) is 17.2. The van der Waals surface area contributed by atoms with Crippen molar-refractivity contribution in [1.29, 1.82) is 0 Å². The highest BCUT2D eigenvalue weighted by molar-refractivity contribution is 6.23. The maximum Gasteiger partial charge on any atom is 0.256 e. The van der Waals surface area contributed by atoms with Crippen LogP contribution in [0.3, 0.4) is 0 Å². The molecule has 0 aliphatic carbocycles. The Bertz CT molecular complexity index is 986. The van der Waals surface area contributed by atoms with Gasteiger partial charge in [-0.25, -0.2) is 4.90 Å². The topological polar surface area (TPSA) is 79.0 Å². The summed E-state index contributed by atoms with van der Waals surface area (Å²) in [6.07, 6.45) is 1.79. The Hall–Kier alpha value is -3.35. The largest absolute Gasteiger partial charge is 0.494 e. The highest BCUT2D eigenvalue weighted by atomic mass is 16.5. The van der Waals surface area contributed by atoms with Gasteiger partial charge in [-0.1, -0.05) is 6.92 Å². The van der Waals surface area contributed by atoms with Gasteiger partial charge in [0.1, 0.15) is 11.8 Å². The Labute approximate surface area is 175 Å². The maximum absolute atomic E-state index is 12.9. The molecule has 0 unspecified atom stereocenters. The summed E-state index contributed by atoms with van der Waals surface area (Å²) < 4.78 is 5.56. The summed E-state index contributed by atoms with van der Waals surface area (Å²) in [4.78, 5) is 40.1. The van der Waals surface area contributed by atoms with Crippen LogP contribution >= 0.6 is 0 Å². The second-order valence-electron chi connectivity index (χ2n) is 7.57. The van der Waals surface area contributed by atoms with Gasteiger partial charge < -0.3 is 15.0 Å². The van der Waals surface area contributed by atoms with Gasteiger partial charge in [0.25, 0.3) is 5.91 Å². The molecule has 7 nitrogen and oxygen atoms in total. The molecule has 1 atom stereocenters. The summed E-state index contributed by atoms with van der Waals surface area (Å²) in [5.41, 5.74) is 3.29. The Balaban J connectivity index is 1.46. The summed E-state index contributed by atoms with van der Waals surface area (Å²) in [5.74, 6) is 0.233. The zero-order valence-corrected chi connectivity index (χ0v) is 17.2. The summed E-state index contributed by atoms with van der Waals surface area (Å²) in [6.45, 7) is 4.88. The van der Waals surface area contributed by atoms with E-state index in [0.717, 1.165) is 29.8 Å². The fourth-order valence-electron chi connectivity index (χ4n) is 3.95. The molecule has 0 saturated carbocycles. The van der Waals surface area contributed by atoms with E-state index in [1.165, 1.54) is 4.90 Å². The van der Waals surface area contributed by atoms with E-state index in [9.17, 15) is 14.4 Å². The molecule has 1 saturated heterocycles. The van der Waals surface area contributed by atoms with Crippen LogP contribution in [0.5, 0.6) is 5.75 Å². The molecule has 4 rings (SSSR count). The van der Waals surface area contributed by atoms with Crippen molar-refractivity contribution in [1.82, 2.24) is 0 Å². The molecule has 0 radical (unpaired) electrons.